The molecular weight excluding hydrogens is 402 g/mol. The van der Waals surface area contributed by atoms with Gasteiger partial charge in [0.1, 0.15) is 5.65 Å². The van der Waals surface area contributed by atoms with E-state index in [1.54, 1.807) is 29.0 Å². The fourth-order valence-corrected chi connectivity index (χ4v) is 5.02. The molecule has 2 fully saturated rings. The van der Waals surface area contributed by atoms with Crippen LogP contribution in [-0.4, -0.2) is 48.3 Å². The van der Waals surface area contributed by atoms with Gasteiger partial charge in [-0.2, -0.15) is 4.98 Å². The number of aromatic nitrogens is 3. The largest absolute Gasteiger partial charge is 0.351 e. The minimum absolute atomic E-state index is 0.158. The lowest BCUT2D eigenvalue weighted by atomic mass is 10.1. The Labute approximate surface area is 174 Å². The molecule has 3 atom stereocenters. The predicted octanol–water partition coefficient (Wildman–Crippen LogP) is 1.51. The van der Waals surface area contributed by atoms with Crippen LogP contribution in [-0.2, 0) is 16.4 Å². The van der Waals surface area contributed by atoms with Crippen LogP contribution in [0.4, 0.5) is 5.95 Å². The molecular formula is C21H23N5O3S. The number of anilines is 1. The third-order valence-corrected chi connectivity index (χ3v) is 7.25. The molecule has 1 aliphatic heterocycles. The molecule has 0 unspecified atom stereocenters. The molecule has 0 spiro atoms. The smallest absolute Gasteiger partial charge is 0.260 e. The highest BCUT2D eigenvalue weighted by molar-refractivity contribution is 7.90. The van der Waals surface area contributed by atoms with Gasteiger partial charge in [0.05, 0.1) is 4.90 Å². The fraction of sp³-hybridized carbons (Fsp3) is 0.381. The average molecular weight is 426 g/mol. The zero-order chi connectivity index (χ0) is 21.0. The molecule has 0 amide bonds. The normalized spacial score (nSPS) is 22.8. The molecule has 2 N–H and O–H groups in total. The van der Waals surface area contributed by atoms with Crippen molar-refractivity contribution in [2.75, 3.05) is 24.7 Å². The van der Waals surface area contributed by atoms with Crippen LogP contribution in [0, 0.1) is 11.8 Å². The van der Waals surface area contributed by atoms with Gasteiger partial charge in [-0.15, -0.1) is 0 Å². The molecule has 0 radical (unpaired) electrons. The van der Waals surface area contributed by atoms with Crippen molar-refractivity contribution >= 4 is 26.8 Å². The molecule has 2 aromatic heterocycles. The highest BCUT2D eigenvalue weighted by atomic mass is 32.2. The van der Waals surface area contributed by atoms with E-state index < -0.39 is 9.84 Å². The second kappa shape index (κ2) is 6.88. The standard InChI is InChI=1S/C21H23N5O3S/c1-3-26-19-13(9-23-21(25-19)24-18-16-10-22-11-17(16)18)8-15(20(26)27)12-4-6-14(7-5-12)30(2,28)29/h4-9,16-18,22H,3,10-11H2,1-2H3,(H,23,24,25)/t16-,17+,18+. The third kappa shape index (κ3) is 3.18. The van der Waals surface area contributed by atoms with Crippen LogP contribution in [0.25, 0.3) is 22.2 Å². The minimum atomic E-state index is -3.29. The van der Waals surface area contributed by atoms with Crippen molar-refractivity contribution in [2.45, 2.75) is 24.4 Å². The van der Waals surface area contributed by atoms with Crippen molar-refractivity contribution in [3.05, 3.63) is 46.9 Å². The van der Waals surface area contributed by atoms with Crippen molar-refractivity contribution in [3.8, 4) is 11.1 Å². The maximum absolute atomic E-state index is 13.2. The Morgan fingerprint density at radius 1 is 1.20 bits per heavy atom. The summed E-state index contributed by atoms with van der Waals surface area (Å²) in [7, 11) is -3.29. The van der Waals surface area contributed by atoms with Crippen LogP contribution < -0.4 is 16.2 Å². The first-order valence-corrected chi connectivity index (χ1v) is 11.9. The second-order valence-electron chi connectivity index (χ2n) is 8.03. The van der Waals surface area contributed by atoms with Gasteiger partial charge < -0.3 is 10.6 Å². The molecule has 0 bridgehead atoms. The SMILES string of the molecule is CCn1c(=O)c(-c2ccc(S(C)(=O)=O)cc2)cc2cnc(N[C@H]3[C@@H]4CNC[C@@H]43)nc21. The van der Waals surface area contributed by atoms with Gasteiger partial charge in [0.25, 0.3) is 5.56 Å². The number of piperidine rings is 1. The predicted molar refractivity (Wildman–Crippen MR) is 115 cm³/mol. The van der Waals surface area contributed by atoms with Gasteiger partial charge in [-0.3, -0.25) is 9.36 Å². The Balaban J connectivity index is 1.53. The van der Waals surface area contributed by atoms with E-state index >= 15 is 0 Å². The lowest BCUT2D eigenvalue weighted by molar-refractivity contribution is 0.602. The van der Waals surface area contributed by atoms with Crippen LogP contribution in [0.3, 0.4) is 0 Å². The van der Waals surface area contributed by atoms with Gasteiger partial charge in [0, 0.05) is 49.1 Å². The number of pyridine rings is 1. The van der Waals surface area contributed by atoms with Gasteiger partial charge in [0.15, 0.2) is 9.84 Å². The molecule has 1 aliphatic carbocycles. The summed E-state index contributed by atoms with van der Waals surface area (Å²) in [5.74, 6) is 1.82. The first kappa shape index (κ1) is 19.2. The van der Waals surface area contributed by atoms with E-state index in [-0.39, 0.29) is 10.5 Å². The van der Waals surface area contributed by atoms with Gasteiger partial charge in [0.2, 0.25) is 5.95 Å². The van der Waals surface area contributed by atoms with Crippen LogP contribution in [0.1, 0.15) is 6.92 Å². The van der Waals surface area contributed by atoms with E-state index in [9.17, 15) is 13.2 Å². The molecule has 9 heteroatoms. The molecule has 30 heavy (non-hydrogen) atoms. The van der Waals surface area contributed by atoms with Crippen molar-refractivity contribution in [2.24, 2.45) is 11.8 Å². The van der Waals surface area contributed by atoms with Crippen LogP contribution in [0.5, 0.6) is 0 Å². The summed E-state index contributed by atoms with van der Waals surface area (Å²) in [4.78, 5) is 22.5. The third-order valence-electron chi connectivity index (χ3n) is 6.12. The molecule has 5 rings (SSSR count). The van der Waals surface area contributed by atoms with E-state index in [1.807, 2.05) is 6.92 Å². The number of aryl methyl sites for hydroxylation is 1. The molecule has 1 saturated heterocycles. The number of nitrogens with one attached hydrogen (secondary N) is 2. The van der Waals surface area contributed by atoms with Gasteiger partial charge in [-0.25, -0.2) is 13.4 Å². The Kier molecular flexibility index (Phi) is 4.41. The molecule has 8 nitrogen and oxygen atoms in total. The number of sulfone groups is 1. The van der Waals surface area contributed by atoms with Gasteiger partial charge in [-0.1, -0.05) is 12.1 Å². The van der Waals surface area contributed by atoms with Crippen LogP contribution >= 0.6 is 0 Å². The Hall–Kier alpha value is -2.78. The highest BCUT2D eigenvalue weighted by Gasteiger charge is 2.53. The number of rotatable bonds is 5. The monoisotopic (exact) mass is 425 g/mol. The average Bonchev–Trinajstić information content (AvgIpc) is 3.13. The quantitative estimate of drug-likeness (QED) is 0.638. The Bertz CT molecular complexity index is 1290. The van der Waals surface area contributed by atoms with Gasteiger partial charge in [-0.05, 0) is 42.5 Å². The number of nitrogens with zero attached hydrogens (tertiary/aromatic N) is 3. The molecule has 2 aliphatic rings. The summed E-state index contributed by atoms with van der Waals surface area (Å²) in [6, 6.07) is 8.55. The first-order chi connectivity index (χ1) is 14.4. The van der Waals surface area contributed by atoms with Crippen molar-refractivity contribution in [1.82, 2.24) is 19.9 Å². The van der Waals surface area contributed by atoms with Gasteiger partial charge >= 0.3 is 0 Å². The molecule has 1 aromatic carbocycles. The highest BCUT2D eigenvalue weighted by Crippen LogP contribution is 2.43. The summed E-state index contributed by atoms with van der Waals surface area (Å²) in [6.45, 7) is 4.43. The van der Waals surface area contributed by atoms with E-state index in [0.29, 0.717) is 47.1 Å². The number of hydrogen-bond donors (Lipinski definition) is 2. The second-order valence-corrected chi connectivity index (χ2v) is 10.0. The van der Waals surface area contributed by atoms with Crippen molar-refractivity contribution in [3.63, 3.8) is 0 Å². The maximum atomic E-state index is 13.2. The zero-order valence-electron chi connectivity index (χ0n) is 16.8. The van der Waals surface area contributed by atoms with Crippen LogP contribution in [0.2, 0.25) is 0 Å². The Morgan fingerprint density at radius 3 is 2.53 bits per heavy atom. The van der Waals surface area contributed by atoms with E-state index in [1.165, 1.54) is 12.1 Å². The van der Waals surface area contributed by atoms with E-state index in [2.05, 4.69) is 20.6 Å². The van der Waals surface area contributed by atoms with Crippen molar-refractivity contribution < 1.29 is 8.42 Å². The minimum Gasteiger partial charge on any atom is -0.351 e. The summed E-state index contributed by atoms with van der Waals surface area (Å²) >= 11 is 0. The topological polar surface area (TPSA) is 106 Å². The summed E-state index contributed by atoms with van der Waals surface area (Å²) in [5, 5.41) is 7.55. The molecule has 3 aromatic rings. The molecule has 156 valence electrons. The van der Waals surface area contributed by atoms with E-state index in [4.69, 9.17) is 0 Å². The number of fused-ring (bicyclic) bond motifs is 2. The van der Waals surface area contributed by atoms with E-state index in [0.717, 1.165) is 24.7 Å². The number of benzene rings is 1. The molecule has 3 heterocycles. The first-order valence-electron chi connectivity index (χ1n) is 10.0. The zero-order valence-corrected chi connectivity index (χ0v) is 17.6. The van der Waals surface area contributed by atoms with Crippen LogP contribution in [0.15, 0.2) is 46.2 Å². The maximum Gasteiger partial charge on any atom is 0.260 e. The fourth-order valence-electron chi connectivity index (χ4n) is 4.39. The lowest BCUT2D eigenvalue weighted by Crippen LogP contribution is -2.24. The Morgan fingerprint density at radius 2 is 1.90 bits per heavy atom. The summed E-state index contributed by atoms with van der Waals surface area (Å²) in [6.07, 6.45) is 2.90. The lowest BCUT2D eigenvalue weighted by Gasteiger charge is -2.13. The van der Waals surface area contributed by atoms with Crippen molar-refractivity contribution in [1.29, 1.82) is 0 Å². The summed E-state index contributed by atoms with van der Waals surface area (Å²) in [5.41, 5.74) is 1.60. The number of hydrogen-bond acceptors (Lipinski definition) is 7. The summed E-state index contributed by atoms with van der Waals surface area (Å²) < 4.78 is 25.1. The molecule has 1 saturated carbocycles.